The molecule has 3 aromatic rings. The van der Waals surface area contributed by atoms with E-state index in [1.165, 1.54) is 0 Å². The van der Waals surface area contributed by atoms with E-state index in [-0.39, 0.29) is 5.78 Å². The van der Waals surface area contributed by atoms with E-state index in [9.17, 15) is 4.79 Å². The molecule has 0 radical (unpaired) electrons. The molecule has 0 heterocycles. The maximum atomic E-state index is 13.0. The van der Waals surface area contributed by atoms with Crippen molar-refractivity contribution in [1.82, 2.24) is 0 Å². The van der Waals surface area contributed by atoms with Crippen molar-refractivity contribution >= 4 is 57.7 Å². The second kappa shape index (κ2) is 9.06. The van der Waals surface area contributed by atoms with Gasteiger partial charge in [0.05, 0.1) is 17.8 Å². The van der Waals surface area contributed by atoms with E-state index in [0.29, 0.717) is 32.0 Å². The molecule has 0 atom stereocenters. The minimum atomic E-state index is -0.247. The highest BCUT2D eigenvalue weighted by molar-refractivity contribution is 7.80. The van der Waals surface area contributed by atoms with Gasteiger partial charge in [-0.3, -0.25) is 4.79 Å². The van der Waals surface area contributed by atoms with Gasteiger partial charge in [0.2, 0.25) is 0 Å². The van der Waals surface area contributed by atoms with Gasteiger partial charge in [-0.2, -0.15) is 0 Å². The van der Waals surface area contributed by atoms with Gasteiger partial charge in [0, 0.05) is 21.8 Å². The van der Waals surface area contributed by atoms with Crippen LogP contribution >= 0.6 is 35.4 Å². The number of anilines is 2. The summed E-state index contributed by atoms with van der Waals surface area (Å²) in [5.74, 6) is 0.498. The normalized spacial score (nSPS) is 10.2. The Hall–Kier alpha value is -2.60. The van der Waals surface area contributed by atoms with Gasteiger partial charge in [0.1, 0.15) is 5.75 Å². The van der Waals surface area contributed by atoms with Crippen LogP contribution in [0.3, 0.4) is 0 Å². The van der Waals surface area contributed by atoms with Crippen LogP contribution < -0.4 is 15.4 Å². The van der Waals surface area contributed by atoms with Crippen LogP contribution in [0.2, 0.25) is 10.0 Å². The fraction of sp³-hybridized carbons (Fsp3) is 0.0476. The zero-order valence-electron chi connectivity index (χ0n) is 14.8. The highest BCUT2D eigenvalue weighted by atomic mass is 35.5. The number of ether oxygens (including phenoxy) is 1. The lowest BCUT2D eigenvalue weighted by Gasteiger charge is -2.15. The van der Waals surface area contributed by atoms with E-state index in [0.717, 1.165) is 11.4 Å². The molecular weight excluding hydrogens is 415 g/mol. The summed E-state index contributed by atoms with van der Waals surface area (Å²) in [6, 6.07) is 19.2. The molecule has 28 heavy (non-hydrogen) atoms. The number of hydrogen-bond donors (Lipinski definition) is 2. The third-order valence-corrected chi connectivity index (χ3v) is 4.71. The van der Waals surface area contributed by atoms with Gasteiger partial charge in [0.15, 0.2) is 10.9 Å². The second-order valence-electron chi connectivity index (χ2n) is 5.81. The van der Waals surface area contributed by atoms with Crippen molar-refractivity contribution in [2.24, 2.45) is 0 Å². The highest BCUT2D eigenvalue weighted by Gasteiger charge is 2.17. The number of rotatable bonds is 5. The molecule has 0 aliphatic heterocycles. The molecule has 4 nitrogen and oxygen atoms in total. The van der Waals surface area contributed by atoms with E-state index in [1.807, 2.05) is 24.3 Å². The smallest absolute Gasteiger partial charge is 0.196 e. The fourth-order valence-electron chi connectivity index (χ4n) is 2.56. The number of carbonyl (C=O) groups is 1. The van der Waals surface area contributed by atoms with Crippen molar-refractivity contribution in [3.05, 3.63) is 87.9 Å². The van der Waals surface area contributed by atoms with Crippen LogP contribution in [0.15, 0.2) is 66.7 Å². The minimum Gasteiger partial charge on any atom is -0.497 e. The first-order valence-corrected chi connectivity index (χ1v) is 9.45. The molecule has 0 spiro atoms. The van der Waals surface area contributed by atoms with E-state index >= 15 is 0 Å². The van der Waals surface area contributed by atoms with Crippen molar-refractivity contribution in [1.29, 1.82) is 0 Å². The number of nitrogens with one attached hydrogen (secondary N) is 2. The summed E-state index contributed by atoms with van der Waals surface area (Å²) in [6.45, 7) is 0. The zero-order valence-corrected chi connectivity index (χ0v) is 17.2. The van der Waals surface area contributed by atoms with E-state index in [2.05, 4.69) is 10.6 Å². The molecule has 0 aromatic heterocycles. The largest absolute Gasteiger partial charge is 0.497 e. The second-order valence-corrected chi connectivity index (χ2v) is 7.06. The lowest BCUT2D eigenvalue weighted by atomic mass is 10.0. The molecule has 2 N–H and O–H groups in total. The van der Waals surface area contributed by atoms with Crippen LogP contribution in [0.1, 0.15) is 15.9 Å². The number of halogens is 2. The molecule has 0 unspecified atom stereocenters. The maximum Gasteiger partial charge on any atom is 0.196 e. The van der Waals surface area contributed by atoms with E-state index < -0.39 is 0 Å². The lowest BCUT2D eigenvalue weighted by molar-refractivity contribution is 0.103. The summed E-state index contributed by atoms with van der Waals surface area (Å²) in [7, 11) is 1.60. The van der Waals surface area contributed by atoms with Gasteiger partial charge < -0.3 is 15.4 Å². The predicted molar refractivity (Wildman–Crippen MR) is 119 cm³/mol. The maximum absolute atomic E-state index is 13.0. The van der Waals surface area contributed by atoms with Crippen molar-refractivity contribution in [3.63, 3.8) is 0 Å². The Labute approximate surface area is 178 Å². The van der Waals surface area contributed by atoms with Crippen molar-refractivity contribution in [3.8, 4) is 5.75 Å². The number of carbonyl (C=O) groups excluding carboxylic acids is 1. The summed E-state index contributed by atoms with van der Waals surface area (Å²) in [5, 5.41) is 7.27. The first kappa shape index (κ1) is 20.1. The molecule has 3 aromatic carbocycles. The van der Waals surface area contributed by atoms with Gasteiger partial charge in [-0.05, 0) is 66.8 Å². The number of thiocarbonyl (C=S) groups is 1. The van der Waals surface area contributed by atoms with Crippen LogP contribution in [-0.4, -0.2) is 18.0 Å². The standard InChI is InChI=1S/C21H16Cl2N2O2S/c1-27-15-9-7-14(8-10-15)24-21(28)25-19-11-6-13(22)12-17(19)20(26)16-4-2-3-5-18(16)23/h2-12H,1H3,(H2,24,25,28). The average molecular weight is 431 g/mol. The van der Waals surface area contributed by atoms with Crippen LogP contribution in [0.25, 0.3) is 0 Å². The predicted octanol–water partition coefficient (Wildman–Crippen LogP) is 6.04. The highest BCUT2D eigenvalue weighted by Crippen LogP contribution is 2.27. The first-order chi connectivity index (χ1) is 13.5. The summed E-state index contributed by atoms with van der Waals surface area (Å²) < 4.78 is 5.14. The quantitative estimate of drug-likeness (QED) is 0.381. The summed E-state index contributed by atoms with van der Waals surface area (Å²) in [6.07, 6.45) is 0. The summed E-state index contributed by atoms with van der Waals surface area (Å²) in [4.78, 5) is 13.0. The topological polar surface area (TPSA) is 50.4 Å². The number of ketones is 1. The molecule has 0 aliphatic rings. The molecule has 142 valence electrons. The van der Waals surface area contributed by atoms with Crippen LogP contribution in [-0.2, 0) is 0 Å². The minimum absolute atomic E-state index is 0.247. The Balaban J connectivity index is 1.83. The average Bonchev–Trinajstić information content (AvgIpc) is 2.70. The van der Waals surface area contributed by atoms with Gasteiger partial charge in [-0.1, -0.05) is 35.3 Å². The third kappa shape index (κ3) is 4.81. The van der Waals surface area contributed by atoms with Crippen molar-refractivity contribution < 1.29 is 9.53 Å². The van der Waals surface area contributed by atoms with Crippen molar-refractivity contribution in [2.45, 2.75) is 0 Å². The zero-order chi connectivity index (χ0) is 20.1. The van der Waals surface area contributed by atoms with Gasteiger partial charge in [0.25, 0.3) is 0 Å². The van der Waals surface area contributed by atoms with E-state index in [4.69, 9.17) is 40.2 Å². The summed E-state index contributed by atoms with van der Waals surface area (Å²) in [5.41, 5.74) is 2.08. The Morgan fingerprint density at radius 3 is 2.32 bits per heavy atom. The van der Waals surface area contributed by atoms with E-state index in [1.54, 1.807) is 49.6 Å². The molecule has 0 saturated carbocycles. The van der Waals surface area contributed by atoms with Crippen LogP contribution in [0.4, 0.5) is 11.4 Å². The SMILES string of the molecule is COc1ccc(NC(=S)Nc2ccc(Cl)cc2C(=O)c2ccccc2Cl)cc1. The monoisotopic (exact) mass is 430 g/mol. The molecule has 0 saturated heterocycles. The Morgan fingerprint density at radius 2 is 1.64 bits per heavy atom. The molecule has 0 fully saturated rings. The Bertz CT molecular complexity index is 1020. The van der Waals surface area contributed by atoms with Gasteiger partial charge >= 0.3 is 0 Å². The molecule has 0 amide bonds. The first-order valence-electron chi connectivity index (χ1n) is 8.29. The number of methoxy groups -OCH3 is 1. The third-order valence-electron chi connectivity index (χ3n) is 3.94. The summed E-state index contributed by atoms with van der Waals surface area (Å²) >= 11 is 17.7. The van der Waals surface area contributed by atoms with Crippen LogP contribution in [0, 0.1) is 0 Å². The Kier molecular flexibility index (Phi) is 6.52. The molecule has 3 rings (SSSR count). The molecule has 0 bridgehead atoms. The van der Waals surface area contributed by atoms with Crippen LogP contribution in [0.5, 0.6) is 5.75 Å². The lowest BCUT2D eigenvalue weighted by Crippen LogP contribution is -2.21. The Morgan fingerprint density at radius 1 is 0.929 bits per heavy atom. The van der Waals surface area contributed by atoms with Crippen molar-refractivity contribution in [2.75, 3.05) is 17.7 Å². The number of benzene rings is 3. The molecule has 7 heteroatoms. The molecule has 0 aliphatic carbocycles. The number of hydrogen-bond acceptors (Lipinski definition) is 3. The molecular formula is C21H16Cl2N2O2S. The van der Waals surface area contributed by atoms with Gasteiger partial charge in [-0.15, -0.1) is 0 Å². The fourth-order valence-corrected chi connectivity index (χ4v) is 3.18. The van der Waals surface area contributed by atoms with Gasteiger partial charge in [-0.25, -0.2) is 0 Å².